The van der Waals surface area contributed by atoms with Crippen LogP contribution in [0.3, 0.4) is 0 Å². The van der Waals surface area contributed by atoms with Crippen molar-refractivity contribution < 1.29 is 8.78 Å². The molecule has 120 valence electrons. The quantitative estimate of drug-likeness (QED) is 0.829. The van der Waals surface area contributed by atoms with Crippen molar-refractivity contribution in [3.05, 3.63) is 59.9 Å². The third kappa shape index (κ3) is 3.47. The fourth-order valence-electron chi connectivity index (χ4n) is 3.02. The van der Waals surface area contributed by atoms with Crippen molar-refractivity contribution in [2.45, 2.75) is 31.2 Å². The first-order valence-corrected chi connectivity index (χ1v) is 7.96. The zero-order valence-electron chi connectivity index (χ0n) is 12.5. The van der Waals surface area contributed by atoms with Crippen LogP contribution in [0.15, 0.2) is 42.6 Å². The van der Waals surface area contributed by atoms with E-state index in [1.165, 1.54) is 6.07 Å². The van der Waals surface area contributed by atoms with Crippen LogP contribution in [0.4, 0.5) is 14.5 Å². The molecule has 0 bridgehead atoms. The Balaban J connectivity index is 1.75. The van der Waals surface area contributed by atoms with Gasteiger partial charge in [-0.15, -0.1) is 0 Å². The van der Waals surface area contributed by atoms with Crippen molar-refractivity contribution in [3.63, 3.8) is 0 Å². The van der Waals surface area contributed by atoms with Crippen LogP contribution in [0.5, 0.6) is 0 Å². The molecule has 1 aliphatic rings. The van der Waals surface area contributed by atoms with E-state index in [1.807, 2.05) is 18.2 Å². The molecule has 3 rings (SSSR count). The monoisotopic (exact) mass is 333 g/mol. The second-order valence-electron chi connectivity index (χ2n) is 5.71. The summed E-state index contributed by atoms with van der Waals surface area (Å²) in [6, 6.07) is 9.43. The van der Waals surface area contributed by atoms with Gasteiger partial charge in [-0.1, -0.05) is 18.9 Å². The standard InChI is InChI=1S/C17H17F2N3S/c18-13-7-6-12(11-14(13)19)21-16(23)22-17(8-2-3-9-17)15-5-1-4-10-20-15/h1,4-7,10-11H,2-3,8-9H2,(H2,21,22,23). The number of pyridine rings is 1. The van der Waals surface area contributed by atoms with E-state index in [2.05, 4.69) is 15.6 Å². The molecule has 1 aromatic heterocycles. The summed E-state index contributed by atoms with van der Waals surface area (Å²) < 4.78 is 26.3. The number of anilines is 1. The molecule has 0 amide bonds. The fourth-order valence-corrected chi connectivity index (χ4v) is 3.34. The number of hydrogen-bond acceptors (Lipinski definition) is 2. The van der Waals surface area contributed by atoms with E-state index in [1.54, 1.807) is 6.20 Å². The highest BCUT2D eigenvalue weighted by Crippen LogP contribution is 2.37. The minimum atomic E-state index is -0.905. The molecule has 0 aliphatic heterocycles. The molecule has 1 aliphatic carbocycles. The average Bonchev–Trinajstić information content (AvgIpc) is 3.01. The third-order valence-corrected chi connectivity index (χ3v) is 4.35. The number of nitrogens with one attached hydrogen (secondary N) is 2. The fraction of sp³-hybridized carbons (Fsp3) is 0.294. The lowest BCUT2D eigenvalue weighted by molar-refractivity contribution is 0.396. The Hall–Kier alpha value is -2.08. The van der Waals surface area contributed by atoms with Crippen LogP contribution in [-0.2, 0) is 5.54 Å². The summed E-state index contributed by atoms with van der Waals surface area (Å²) in [6.45, 7) is 0. The van der Waals surface area contributed by atoms with Gasteiger partial charge >= 0.3 is 0 Å². The van der Waals surface area contributed by atoms with Crippen LogP contribution >= 0.6 is 12.2 Å². The molecule has 0 unspecified atom stereocenters. The highest BCUT2D eigenvalue weighted by Gasteiger charge is 2.37. The molecule has 0 radical (unpaired) electrons. The molecular weight excluding hydrogens is 316 g/mol. The topological polar surface area (TPSA) is 37.0 Å². The highest BCUT2D eigenvalue weighted by molar-refractivity contribution is 7.80. The number of thiocarbonyl (C=S) groups is 1. The number of hydrogen-bond donors (Lipinski definition) is 2. The van der Waals surface area contributed by atoms with Gasteiger partial charge in [-0.05, 0) is 49.3 Å². The molecule has 3 nitrogen and oxygen atoms in total. The molecule has 0 saturated heterocycles. The Morgan fingerprint density at radius 2 is 1.87 bits per heavy atom. The molecular formula is C17H17F2N3S. The molecule has 1 saturated carbocycles. The van der Waals surface area contributed by atoms with Gasteiger partial charge in [0.1, 0.15) is 0 Å². The molecule has 6 heteroatoms. The van der Waals surface area contributed by atoms with E-state index in [4.69, 9.17) is 12.2 Å². The lowest BCUT2D eigenvalue weighted by Crippen LogP contribution is -2.46. The zero-order valence-corrected chi connectivity index (χ0v) is 13.3. The lowest BCUT2D eigenvalue weighted by atomic mass is 9.93. The third-order valence-electron chi connectivity index (χ3n) is 4.14. The molecule has 1 fully saturated rings. The summed E-state index contributed by atoms with van der Waals surface area (Å²) >= 11 is 5.35. The van der Waals surface area contributed by atoms with Crippen molar-refractivity contribution in [1.29, 1.82) is 0 Å². The van der Waals surface area contributed by atoms with Gasteiger partial charge in [0.05, 0.1) is 11.2 Å². The molecule has 0 atom stereocenters. The van der Waals surface area contributed by atoms with Gasteiger partial charge in [-0.3, -0.25) is 4.98 Å². The van der Waals surface area contributed by atoms with Gasteiger partial charge in [0.25, 0.3) is 0 Å². The van der Waals surface area contributed by atoms with Crippen LogP contribution in [0.1, 0.15) is 31.4 Å². The van der Waals surface area contributed by atoms with E-state index in [9.17, 15) is 8.78 Å². The van der Waals surface area contributed by atoms with Crippen molar-refractivity contribution in [2.75, 3.05) is 5.32 Å². The summed E-state index contributed by atoms with van der Waals surface area (Å²) in [5, 5.41) is 6.63. The first-order chi connectivity index (χ1) is 11.1. The highest BCUT2D eigenvalue weighted by atomic mass is 32.1. The second kappa shape index (κ2) is 6.58. The predicted octanol–water partition coefficient (Wildman–Crippen LogP) is 4.12. The van der Waals surface area contributed by atoms with Crippen LogP contribution in [0.2, 0.25) is 0 Å². The van der Waals surface area contributed by atoms with E-state index in [-0.39, 0.29) is 5.54 Å². The number of nitrogens with zero attached hydrogens (tertiary/aromatic N) is 1. The minimum absolute atomic E-state index is 0.302. The number of rotatable bonds is 3. The second-order valence-corrected chi connectivity index (χ2v) is 6.12. The van der Waals surface area contributed by atoms with Crippen LogP contribution in [0.25, 0.3) is 0 Å². The predicted molar refractivity (Wildman–Crippen MR) is 90.1 cm³/mol. The van der Waals surface area contributed by atoms with Crippen LogP contribution in [-0.4, -0.2) is 10.1 Å². The molecule has 23 heavy (non-hydrogen) atoms. The summed E-state index contributed by atoms with van der Waals surface area (Å²) in [7, 11) is 0. The van der Waals surface area contributed by atoms with Gasteiger partial charge in [0.2, 0.25) is 0 Å². The normalized spacial score (nSPS) is 16.1. The van der Waals surface area contributed by atoms with Gasteiger partial charge < -0.3 is 10.6 Å². The maximum absolute atomic E-state index is 13.3. The Kier molecular flexibility index (Phi) is 4.52. The van der Waals surface area contributed by atoms with Gasteiger partial charge in [-0.2, -0.15) is 0 Å². The lowest BCUT2D eigenvalue weighted by Gasteiger charge is -2.31. The van der Waals surface area contributed by atoms with Crippen molar-refractivity contribution in [1.82, 2.24) is 10.3 Å². The van der Waals surface area contributed by atoms with Gasteiger partial charge in [-0.25, -0.2) is 8.78 Å². The minimum Gasteiger partial charge on any atom is -0.351 e. The largest absolute Gasteiger partial charge is 0.351 e. The van der Waals surface area contributed by atoms with Crippen LogP contribution < -0.4 is 10.6 Å². The molecule has 1 heterocycles. The number of halogens is 2. The summed E-state index contributed by atoms with van der Waals surface area (Å²) in [5.41, 5.74) is 1.06. The maximum Gasteiger partial charge on any atom is 0.171 e. The first kappa shape index (κ1) is 15.8. The average molecular weight is 333 g/mol. The van der Waals surface area contributed by atoms with Crippen molar-refractivity contribution in [3.8, 4) is 0 Å². The van der Waals surface area contributed by atoms with Crippen molar-refractivity contribution in [2.24, 2.45) is 0 Å². The molecule has 1 aromatic carbocycles. The van der Waals surface area contributed by atoms with E-state index in [0.29, 0.717) is 10.8 Å². The van der Waals surface area contributed by atoms with E-state index in [0.717, 1.165) is 43.5 Å². The molecule has 2 N–H and O–H groups in total. The van der Waals surface area contributed by atoms with Crippen molar-refractivity contribution >= 4 is 23.0 Å². The Bertz CT molecular complexity index is 700. The molecule has 2 aromatic rings. The summed E-state index contributed by atoms with van der Waals surface area (Å²) in [4.78, 5) is 4.46. The van der Waals surface area contributed by atoms with Gasteiger partial charge in [0, 0.05) is 18.0 Å². The Morgan fingerprint density at radius 3 is 2.52 bits per heavy atom. The number of benzene rings is 1. The summed E-state index contributed by atoms with van der Waals surface area (Å²) in [5.74, 6) is -1.78. The zero-order chi connectivity index (χ0) is 16.3. The SMILES string of the molecule is Fc1ccc(NC(=S)NC2(c3ccccn3)CCCC2)cc1F. The Labute approximate surface area is 139 Å². The summed E-state index contributed by atoms with van der Waals surface area (Å²) in [6.07, 6.45) is 5.82. The molecule has 0 spiro atoms. The smallest absolute Gasteiger partial charge is 0.171 e. The Morgan fingerprint density at radius 1 is 1.09 bits per heavy atom. The van der Waals surface area contributed by atoms with E-state index >= 15 is 0 Å². The van der Waals surface area contributed by atoms with Crippen LogP contribution in [0, 0.1) is 11.6 Å². The van der Waals surface area contributed by atoms with E-state index < -0.39 is 11.6 Å². The first-order valence-electron chi connectivity index (χ1n) is 7.55. The number of aromatic nitrogens is 1. The van der Waals surface area contributed by atoms with Gasteiger partial charge in [0.15, 0.2) is 16.7 Å². The maximum atomic E-state index is 13.3.